The summed E-state index contributed by atoms with van der Waals surface area (Å²) in [6.07, 6.45) is 4.49. The molecule has 1 atom stereocenters. The van der Waals surface area contributed by atoms with Gasteiger partial charge in [0.1, 0.15) is 5.75 Å². The fourth-order valence-electron chi connectivity index (χ4n) is 3.91. The number of likely N-dealkylation sites (tertiary alicyclic amines) is 1. The Morgan fingerprint density at radius 3 is 2.62 bits per heavy atom. The van der Waals surface area contributed by atoms with Crippen molar-refractivity contribution < 1.29 is 9.53 Å². The maximum Gasteiger partial charge on any atom is 0.195 e. The van der Waals surface area contributed by atoms with Gasteiger partial charge in [0, 0.05) is 40.8 Å². The Bertz CT molecular complexity index is 927. The van der Waals surface area contributed by atoms with Crippen LogP contribution in [0.25, 0.3) is 10.9 Å². The number of carbonyl (C=O) groups excluding carboxylic acids is 1. The Morgan fingerprint density at radius 1 is 1.15 bits per heavy atom. The van der Waals surface area contributed by atoms with Gasteiger partial charge in [-0.1, -0.05) is 18.2 Å². The highest BCUT2D eigenvalue weighted by Gasteiger charge is 2.23. The minimum atomic E-state index is 0.0578. The molecule has 134 valence electrons. The fourth-order valence-corrected chi connectivity index (χ4v) is 3.91. The second kappa shape index (κ2) is 6.96. The molecular formula is C22H24N2O2. The maximum atomic E-state index is 13.1. The highest BCUT2D eigenvalue weighted by molar-refractivity contribution is 6.16. The molecule has 4 heteroatoms. The van der Waals surface area contributed by atoms with Crippen LogP contribution in [-0.4, -0.2) is 42.0 Å². The van der Waals surface area contributed by atoms with Gasteiger partial charge in [0.05, 0.1) is 7.11 Å². The highest BCUT2D eigenvalue weighted by Crippen LogP contribution is 2.27. The van der Waals surface area contributed by atoms with Gasteiger partial charge in [0.15, 0.2) is 5.78 Å². The lowest BCUT2D eigenvalue weighted by Gasteiger charge is -2.20. The topological polar surface area (TPSA) is 34.5 Å². The lowest BCUT2D eigenvalue weighted by Crippen LogP contribution is -2.29. The largest absolute Gasteiger partial charge is 0.497 e. The standard InChI is InChI=1S/C22H24N2O2/c1-23-13-5-6-17(23)14-24-15-20(19-7-3-4-8-21(19)24)22(25)16-9-11-18(26-2)12-10-16/h3-4,7-12,15,17H,5-6,13-14H2,1-2H3. The minimum absolute atomic E-state index is 0.0578. The van der Waals surface area contributed by atoms with E-state index in [4.69, 9.17) is 4.74 Å². The summed E-state index contributed by atoms with van der Waals surface area (Å²) in [5.41, 5.74) is 2.59. The number of hydrogen-bond donors (Lipinski definition) is 0. The molecule has 1 aliphatic rings. The molecular weight excluding hydrogens is 324 g/mol. The van der Waals surface area contributed by atoms with E-state index in [1.54, 1.807) is 7.11 Å². The van der Waals surface area contributed by atoms with Crippen LogP contribution in [0.5, 0.6) is 5.75 Å². The Morgan fingerprint density at radius 2 is 1.92 bits per heavy atom. The van der Waals surface area contributed by atoms with Crippen LogP contribution in [-0.2, 0) is 6.54 Å². The van der Waals surface area contributed by atoms with E-state index in [2.05, 4.69) is 22.6 Å². The number of ether oxygens (including phenoxy) is 1. The number of hydrogen-bond acceptors (Lipinski definition) is 3. The van der Waals surface area contributed by atoms with Crippen molar-refractivity contribution >= 4 is 16.7 Å². The quantitative estimate of drug-likeness (QED) is 0.654. The molecule has 1 aromatic heterocycles. The number of rotatable bonds is 5. The molecule has 0 aliphatic carbocycles. The first-order valence-electron chi connectivity index (χ1n) is 9.14. The summed E-state index contributed by atoms with van der Waals surface area (Å²) in [4.78, 5) is 15.5. The molecule has 0 amide bonds. The van der Waals surface area contributed by atoms with Gasteiger partial charge >= 0.3 is 0 Å². The van der Waals surface area contributed by atoms with Gasteiger partial charge in [-0.25, -0.2) is 0 Å². The molecule has 0 bridgehead atoms. The van der Waals surface area contributed by atoms with Crippen molar-refractivity contribution in [3.05, 3.63) is 65.9 Å². The van der Waals surface area contributed by atoms with Crippen LogP contribution in [0, 0.1) is 0 Å². The predicted molar refractivity (Wildman–Crippen MR) is 104 cm³/mol. The third-order valence-electron chi connectivity index (χ3n) is 5.46. The summed E-state index contributed by atoms with van der Waals surface area (Å²) in [5.74, 6) is 0.815. The van der Waals surface area contributed by atoms with E-state index in [0.29, 0.717) is 11.6 Å². The van der Waals surface area contributed by atoms with Gasteiger partial charge in [-0.05, 0) is 56.8 Å². The van der Waals surface area contributed by atoms with Crippen molar-refractivity contribution in [2.75, 3.05) is 20.7 Å². The Kier molecular flexibility index (Phi) is 4.51. The molecule has 0 saturated carbocycles. The first-order chi connectivity index (χ1) is 12.7. The van der Waals surface area contributed by atoms with Gasteiger partial charge in [-0.3, -0.25) is 4.79 Å². The molecule has 1 saturated heterocycles. The van der Waals surface area contributed by atoms with E-state index in [1.165, 1.54) is 12.8 Å². The molecule has 1 unspecified atom stereocenters. The van der Waals surface area contributed by atoms with E-state index >= 15 is 0 Å². The zero-order valence-corrected chi connectivity index (χ0v) is 15.3. The zero-order chi connectivity index (χ0) is 18.1. The molecule has 1 fully saturated rings. The van der Waals surface area contributed by atoms with Gasteiger partial charge in [-0.15, -0.1) is 0 Å². The predicted octanol–water partition coefficient (Wildman–Crippen LogP) is 3.98. The second-order valence-corrected chi connectivity index (χ2v) is 7.05. The van der Waals surface area contributed by atoms with Crippen molar-refractivity contribution in [1.29, 1.82) is 0 Å². The van der Waals surface area contributed by atoms with Crippen molar-refractivity contribution in [3.63, 3.8) is 0 Å². The third-order valence-corrected chi connectivity index (χ3v) is 5.46. The number of nitrogens with zero attached hydrogens (tertiary/aromatic N) is 2. The number of fused-ring (bicyclic) bond motifs is 1. The van der Waals surface area contributed by atoms with E-state index in [1.807, 2.05) is 48.7 Å². The van der Waals surface area contributed by atoms with Gasteiger partial charge in [0.2, 0.25) is 0 Å². The van der Waals surface area contributed by atoms with Crippen LogP contribution in [0.1, 0.15) is 28.8 Å². The monoisotopic (exact) mass is 348 g/mol. The summed E-state index contributed by atoms with van der Waals surface area (Å²) in [6.45, 7) is 2.08. The summed E-state index contributed by atoms with van der Waals surface area (Å²) >= 11 is 0. The molecule has 4 rings (SSSR count). The Labute approximate surface area is 154 Å². The lowest BCUT2D eigenvalue weighted by molar-refractivity contribution is 0.104. The number of likely N-dealkylation sites (N-methyl/N-ethyl adjacent to an activating group) is 1. The molecule has 0 spiro atoms. The average molecular weight is 348 g/mol. The summed E-state index contributed by atoms with van der Waals surface area (Å²) < 4.78 is 7.44. The first kappa shape index (κ1) is 16.9. The van der Waals surface area contributed by atoms with E-state index in [-0.39, 0.29) is 5.78 Å². The molecule has 2 heterocycles. The maximum absolute atomic E-state index is 13.1. The van der Waals surface area contributed by atoms with Crippen LogP contribution in [0.4, 0.5) is 0 Å². The zero-order valence-electron chi connectivity index (χ0n) is 15.3. The summed E-state index contributed by atoms with van der Waals surface area (Å²) in [6, 6.07) is 16.1. The van der Waals surface area contributed by atoms with Crippen molar-refractivity contribution in [1.82, 2.24) is 9.47 Å². The SMILES string of the molecule is COc1ccc(C(=O)c2cn(CC3CCCN3C)c3ccccc23)cc1. The summed E-state index contributed by atoms with van der Waals surface area (Å²) in [7, 11) is 3.82. The fraction of sp³-hybridized carbons (Fsp3) is 0.318. The second-order valence-electron chi connectivity index (χ2n) is 7.05. The van der Waals surface area contributed by atoms with Crippen LogP contribution in [0.2, 0.25) is 0 Å². The lowest BCUT2D eigenvalue weighted by atomic mass is 10.0. The van der Waals surface area contributed by atoms with Gasteiger partial charge in [-0.2, -0.15) is 0 Å². The molecule has 3 aromatic rings. The van der Waals surface area contributed by atoms with Gasteiger partial charge in [0.25, 0.3) is 0 Å². The number of carbonyl (C=O) groups is 1. The molecule has 1 aliphatic heterocycles. The van der Waals surface area contributed by atoms with Crippen LogP contribution < -0.4 is 4.74 Å². The number of methoxy groups -OCH3 is 1. The molecule has 0 N–H and O–H groups in total. The van der Waals surface area contributed by atoms with Crippen molar-refractivity contribution in [2.45, 2.75) is 25.4 Å². The van der Waals surface area contributed by atoms with Crippen molar-refractivity contribution in [2.24, 2.45) is 0 Å². The third kappa shape index (κ3) is 3.01. The smallest absolute Gasteiger partial charge is 0.195 e. The first-order valence-corrected chi connectivity index (χ1v) is 9.14. The molecule has 2 aromatic carbocycles. The minimum Gasteiger partial charge on any atom is -0.497 e. The highest BCUT2D eigenvalue weighted by atomic mass is 16.5. The van der Waals surface area contributed by atoms with Gasteiger partial charge < -0.3 is 14.2 Å². The van der Waals surface area contributed by atoms with E-state index in [9.17, 15) is 4.79 Å². The molecule has 4 nitrogen and oxygen atoms in total. The Balaban J connectivity index is 1.71. The molecule has 0 radical (unpaired) electrons. The van der Waals surface area contributed by atoms with Crippen LogP contribution >= 0.6 is 0 Å². The van der Waals surface area contributed by atoms with Crippen LogP contribution in [0.15, 0.2) is 54.7 Å². The normalized spacial score (nSPS) is 17.7. The Hall–Kier alpha value is -2.59. The van der Waals surface area contributed by atoms with E-state index in [0.717, 1.165) is 35.3 Å². The average Bonchev–Trinajstić information content (AvgIpc) is 3.26. The van der Waals surface area contributed by atoms with Crippen molar-refractivity contribution in [3.8, 4) is 5.75 Å². The van der Waals surface area contributed by atoms with Crippen LogP contribution in [0.3, 0.4) is 0 Å². The number of benzene rings is 2. The summed E-state index contributed by atoms with van der Waals surface area (Å²) in [5, 5.41) is 1.02. The number of ketones is 1. The molecule has 26 heavy (non-hydrogen) atoms. The number of aromatic nitrogens is 1. The number of para-hydroxylation sites is 1. The van der Waals surface area contributed by atoms with E-state index < -0.39 is 0 Å².